The van der Waals surface area contributed by atoms with Gasteiger partial charge in [-0.3, -0.25) is 4.79 Å². The summed E-state index contributed by atoms with van der Waals surface area (Å²) < 4.78 is 0. The van der Waals surface area contributed by atoms with Crippen LogP contribution in [0.2, 0.25) is 0 Å². The molecule has 0 aromatic heterocycles. The van der Waals surface area contributed by atoms with E-state index in [0.717, 1.165) is 19.4 Å². The molecule has 0 aromatic rings. The van der Waals surface area contributed by atoms with Crippen LogP contribution in [0.25, 0.3) is 0 Å². The normalized spacial score (nSPS) is 16.7. The van der Waals surface area contributed by atoms with Crippen LogP contribution in [0, 0.1) is 5.41 Å². The molecule has 1 aliphatic carbocycles. The first-order chi connectivity index (χ1) is 7.94. The van der Waals surface area contributed by atoms with E-state index in [4.69, 9.17) is 5.73 Å². The lowest BCUT2D eigenvalue weighted by Crippen LogP contribution is -2.45. The lowest BCUT2D eigenvalue weighted by atomic mass is 9.88. The van der Waals surface area contributed by atoms with Gasteiger partial charge < -0.3 is 10.6 Å². The highest BCUT2D eigenvalue weighted by molar-refractivity contribution is 5.76. The molecule has 100 valence electrons. The maximum absolute atomic E-state index is 12.2. The molecule has 1 aliphatic rings. The van der Waals surface area contributed by atoms with E-state index >= 15 is 0 Å². The molecular formula is C14H28N2O. The van der Waals surface area contributed by atoms with Crippen molar-refractivity contribution >= 4 is 5.91 Å². The van der Waals surface area contributed by atoms with Gasteiger partial charge in [-0.25, -0.2) is 0 Å². The Labute approximate surface area is 106 Å². The average Bonchev–Trinajstić information content (AvgIpc) is 2.16. The van der Waals surface area contributed by atoms with Crippen molar-refractivity contribution in [2.45, 2.75) is 65.3 Å². The van der Waals surface area contributed by atoms with Crippen molar-refractivity contribution in [2.75, 3.05) is 13.1 Å². The molecule has 0 saturated heterocycles. The number of rotatable bonds is 6. The lowest BCUT2D eigenvalue weighted by molar-refractivity contribution is -0.135. The van der Waals surface area contributed by atoms with Gasteiger partial charge in [0.05, 0.1) is 0 Å². The number of nitrogens with two attached hydrogens (primary N) is 1. The van der Waals surface area contributed by atoms with Gasteiger partial charge in [0.25, 0.3) is 0 Å². The number of hydrogen-bond acceptors (Lipinski definition) is 2. The van der Waals surface area contributed by atoms with Crippen LogP contribution in [0.3, 0.4) is 0 Å². The van der Waals surface area contributed by atoms with Crippen LogP contribution in [0.5, 0.6) is 0 Å². The molecule has 1 amide bonds. The van der Waals surface area contributed by atoms with Crippen molar-refractivity contribution in [3.05, 3.63) is 0 Å². The molecule has 0 aromatic carbocycles. The number of carbonyl (C=O) groups excluding carboxylic acids is 1. The van der Waals surface area contributed by atoms with Crippen LogP contribution in [-0.2, 0) is 4.79 Å². The van der Waals surface area contributed by atoms with E-state index in [9.17, 15) is 4.79 Å². The van der Waals surface area contributed by atoms with E-state index < -0.39 is 0 Å². The Kier molecular flexibility index (Phi) is 5.44. The Morgan fingerprint density at radius 3 is 2.41 bits per heavy atom. The van der Waals surface area contributed by atoms with Gasteiger partial charge in [-0.15, -0.1) is 0 Å². The first kappa shape index (κ1) is 14.5. The highest BCUT2D eigenvalue weighted by atomic mass is 16.2. The molecule has 0 heterocycles. The van der Waals surface area contributed by atoms with E-state index in [1.54, 1.807) is 0 Å². The third kappa shape index (κ3) is 5.07. The summed E-state index contributed by atoms with van der Waals surface area (Å²) in [6.45, 7) is 8.09. The van der Waals surface area contributed by atoms with Gasteiger partial charge in [-0.05, 0) is 44.1 Å². The van der Waals surface area contributed by atoms with Crippen molar-refractivity contribution < 1.29 is 4.79 Å². The van der Waals surface area contributed by atoms with Gasteiger partial charge in [0.15, 0.2) is 0 Å². The standard InChI is InChI=1S/C14H28N2O/c1-14(2,3)9-8-13(17)16(11-5-10-15)12-6-4-7-12/h12H,4-11,15H2,1-3H3. The summed E-state index contributed by atoms with van der Waals surface area (Å²) in [6, 6.07) is 0.508. The van der Waals surface area contributed by atoms with E-state index in [1.807, 2.05) is 0 Å². The molecular weight excluding hydrogens is 212 g/mol. The summed E-state index contributed by atoms with van der Waals surface area (Å²) in [6.07, 6.45) is 6.23. The zero-order valence-electron chi connectivity index (χ0n) is 11.7. The Balaban J connectivity index is 2.41. The lowest BCUT2D eigenvalue weighted by Gasteiger charge is -2.38. The molecule has 1 saturated carbocycles. The largest absolute Gasteiger partial charge is 0.340 e. The molecule has 0 atom stereocenters. The fourth-order valence-corrected chi connectivity index (χ4v) is 2.10. The van der Waals surface area contributed by atoms with E-state index in [-0.39, 0.29) is 5.41 Å². The third-order valence-electron chi connectivity index (χ3n) is 3.53. The zero-order chi connectivity index (χ0) is 12.9. The maximum atomic E-state index is 12.2. The number of nitrogens with zero attached hydrogens (tertiary/aromatic N) is 1. The third-order valence-corrected chi connectivity index (χ3v) is 3.53. The summed E-state index contributed by atoms with van der Waals surface area (Å²) >= 11 is 0. The Bertz CT molecular complexity index is 241. The van der Waals surface area contributed by atoms with Crippen LogP contribution in [0.4, 0.5) is 0 Å². The number of carbonyl (C=O) groups is 1. The molecule has 0 spiro atoms. The van der Waals surface area contributed by atoms with Gasteiger partial charge in [-0.2, -0.15) is 0 Å². The SMILES string of the molecule is CC(C)(C)CCC(=O)N(CCCN)C1CCC1. The van der Waals surface area contributed by atoms with Crippen LogP contribution in [0.15, 0.2) is 0 Å². The second-order valence-electron chi connectivity index (χ2n) is 6.37. The molecule has 0 bridgehead atoms. The van der Waals surface area contributed by atoms with Crippen LogP contribution < -0.4 is 5.73 Å². The summed E-state index contributed by atoms with van der Waals surface area (Å²) in [4.78, 5) is 14.3. The second kappa shape index (κ2) is 6.39. The minimum absolute atomic E-state index is 0.245. The van der Waals surface area contributed by atoms with Gasteiger partial charge in [0, 0.05) is 19.0 Å². The van der Waals surface area contributed by atoms with Crippen molar-refractivity contribution in [1.29, 1.82) is 0 Å². The quantitative estimate of drug-likeness (QED) is 0.775. The van der Waals surface area contributed by atoms with Gasteiger partial charge >= 0.3 is 0 Å². The first-order valence-corrected chi connectivity index (χ1v) is 6.93. The summed E-state index contributed by atoms with van der Waals surface area (Å²) in [5, 5.41) is 0. The maximum Gasteiger partial charge on any atom is 0.222 e. The van der Waals surface area contributed by atoms with Crippen LogP contribution >= 0.6 is 0 Å². The van der Waals surface area contributed by atoms with Gasteiger partial charge in [-0.1, -0.05) is 20.8 Å². The molecule has 17 heavy (non-hydrogen) atoms. The molecule has 2 N–H and O–H groups in total. The van der Waals surface area contributed by atoms with E-state index in [1.165, 1.54) is 19.3 Å². The highest BCUT2D eigenvalue weighted by Crippen LogP contribution is 2.27. The summed E-state index contributed by atoms with van der Waals surface area (Å²) in [5.41, 5.74) is 5.79. The van der Waals surface area contributed by atoms with Crippen molar-refractivity contribution in [2.24, 2.45) is 11.1 Å². The van der Waals surface area contributed by atoms with Crippen molar-refractivity contribution in [1.82, 2.24) is 4.90 Å². The molecule has 1 rings (SSSR count). The predicted molar refractivity (Wildman–Crippen MR) is 71.7 cm³/mol. The van der Waals surface area contributed by atoms with Crippen molar-refractivity contribution in [3.8, 4) is 0 Å². The monoisotopic (exact) mass is 240 g/mol. The molecule has 0 radical (unpaired) electrons. The number of amides is 1. The molecule has 1 fully saturated rings. The molecule has 0 unspecified atom stereocenters. The van der Waals surface area contributed by atoms with Crippen LogP contribution in [0.1, 0.15) is 59.3 Å². The second-order valence-corrected chi connectivity index (χ2v) is 6.37. The fourth-order valence-electron chi connectivity index (χ4n) is 2.10. The minimum Gasteiger partial charge on any atom is -0.340 e. The summed E-state index contributed by atoms with van der Waals surface area (Å²) in [7, 11) is 0. The molecule has 3 nitrogen and oxygen atoms in total. The van der Waals surface area contributed by atoms with E-state index in [2.05, 4.69) is 25.7 Å². The minimum atomic E-state index is 0.245. The Hall–Kier alpha value is -0.570. The molecule has 0 aliphatic heterocycles. The average molecular weight is 240 g/mol. The van der Waals surface area contributed by atoms with E-state index in [0.29, 0.717) is 24.9 Å². The number of hydrogen-bond donors (Lipinski definition) is 1. The smallest absolute Gasteiger partial charge is 0.222 e. The topological polar surface area (TPSA) is 46.3 Å². The highest BCUT2D eigenvalue weighted by Gasteiger charge is 2.28. The van der Waals surface area contributed by atoms with Gasteiger partial charge in [0.1, 0.15) is 0 Å². The van der Waals surface area contributed by atoms with Crippen molar-refractivity contribution in [3.63, 3.8) is 0 Å². The molecule has 3 heteroatoms. The summed E-state index contributed by atoms with van der Waals surface area (Å²) in [5.74, 6) is 0.332. The predicted octanol–water partition coefficient (Wildman–Crippen LogP) is 2.54. The van der Waals surface area contributed by atoms with Gasteiger partial charge in [0.2, 0.25) is 5.91 Å². The Morgan fingerprint density at radius 1 is 1.35 bits per heavy atom. The van der Waals surface area contributed by atoms with Crippen LogP contribution in [-0.4, -0.2) is 29.9 Å². The first-order valence-electron chi connectivity index (χ1n) is 6.93. The zero-order valence-corrected chi connectivity index (χ0v) is 11.7. The fraction of sp³-hybridized carbons (Fsp3) is 0.929. The Morgan fingerprint density at radius 2 is 2.00 bits per heavy atom.